The second kappa shape index (κ2) is 8.60. The number of nitrogens with one attached hydrogen (secondary N) is 1. The van der Waals surface area contributed by atoms with Crippen molar-refractivity contribution < 1.29 is 0 Å². The summed E-state index contributed by atoms with van der Waals surface area (Å²) >= 11 is 3.54. The normalized spacial score (nSPS) is 21.2. The Morgan fingerprint density at radius 2 is 1.65 bits per heavy atom. The van der Waals surface area contributed by atoms with Crippen LogP contribution in [0.3, 0.4) is 0 Å². The smallest absolute Gasteiger partial charge is 0.0377 e. The molecule has 0 radical (unpaired) electrons. The highest BCUT2D eigenvalue weighted by Gasteiger charge is 2.33. The van der Waals surface area contributed by atoms with Crippen LogP contribution in [0.1, 0.15) is 30.9 Å². The standard InChI is InChI=1S/C15H21BrN2.2ClH/c16-14-6-4-13(5-7-14)15(12-2-1-3-12)18-10-8-17-9-11-18;;/h4-7,12,15,17H,1-3,8-11H2;2*1H/t15-;;/m0../s1. The number of hydrogen-bond donors (Lipinski definition) is 1. The van der Waals surface area contributed by atoms with Crippen molar-refractivity contribution in [2.75, 3.05) is 26.2 Å². The van der Waals surface area contributed by atoms with Gasteiger partial charge in [0.2, 0.25) is 0 Å². The van der Waals surface area contributed by atoms with Gasteiger partial charge in [-0.25, -0.2) is 0 Å². The second-order valence-electron chi connectivity index (χ2n) is 5.47. The summed E-state index contributed by atoms with van der Waals surface area (Å²) in [7, 11) is 0. The van der Waals surface area contributed by atoms with E-state index in [9.17, 15) is 0 Å². The van der Waals surface area contributed by atoms with Crippen LogP contribution in [0, 0.1) is 5.92 Å². The van der Waals surface area contributed by atoms with Crippen molar-refractivity contribution in [1.29, 1.82) is 0 Å². The molecule has 0 amide bonds. The Morgan fingerprint density at radius 3 is 2.15 bits per heavy atom. The SMILES string of the molecule is Brc1ccc([C@H](C2CCC2)N2CCNCC2)cc1.Cl.Cl. The van der Waals surface area contributed by atoms with E-state index in [0.717, 1.165) is 19.0 Å². The van der Waals surface area contributed by atoms with Gasteiger partial charge in [0.15, 0.2) is 0 Å². The zero-order valence-corrected chi connectivity index (χ0v) is 14.8. The third-order valence-corrected chi connectivity index (χ3v) is 4.88. The van der Waals surface area contributed by atoms with Gasteiger partial charge in [0.05, 0.1) is 0 Å². The Balaban J connectivity index is 0.000001000. The van der Waals surface area contributed by atoms with Gasteiger partial charge in [-0.2, -0.15) is 0 Å². The lowest BCUT2D eigenvalue weighted by molar-refractivity contribution is 0.0837. The molecule has 1 heterocycles. The summed E-state index contributed by atoms with van der Waals surface area (Å²) in [5, 5.41) is 3.46. The lowest BCUT2D eigenvalue weighted by Gasteiger charge is -2.43. The van der Waals surface area contributed by atoms with Crippen LogP contribution in [0.25, 0.3) is 0 Å². The molecule has 0 bridgehead atoms. The highest BCUT2D eigenvalue weighted by molar-refractivity contribution is 9.10. The first-order valence-electron chi connectivity index (χ1n) is 7.05. The molecule has 1 aromatic carbocycles. The van der Waals surface area contributed by atoms with Crippen LogP contribution in [-0.2, 0) is 0 Å². The van der Waals surface area contributed by atoms with Crippen LogP contribution in [0.15, 0.2) is 28.7 Å². The number of nitrogens with zero attached hydrogens (tertiary/aromatic N) is 1. The van der Waals surface area contributed by atoms with Gasteiger partial charge in [-0.05, 0) is 36.5 Å². The average molecular weight is 382 g/mol. The fourth-order valence-corrected chi connectivity index (χ4v) is 3.42. The van der Waals surface area contributed by atoms with Crippen molar-refractivity contribution >= 4 is 40.7 Å². The van der Waals surface area contributed by atoms with E-state index in [1.165, 1.54) is 42.4 Å². The summed E-state index contributed by atoms with van der Waals surface area (Å²) < 4.78 is 1.18. The zero-order chi connectivity index (χ0) is 12.4. The third kappa shape index (κ3) is 4.11. The molecule has 3 rings (SSSR count). The molecule has 1 atom stereocenters. The summed E-state index contributed by atoms with van der Waals surface area (Å²) in [5.74, 6) is 0.879. The Kier molecular flexibility index (Phi) is 7.84. The first kappa shape index (κ1) is 18.2. The van der Waals surface area contributed by atoms with Crippen LogP contribution < -0.4 is 5.32 Å². The van der Waals surface area contributed by atoms with E-state index in [4.69, 9.17) is 0 Å². The minimum atomic E-state index is 0. The predicted octanol–water partition coefficient (Wildman–Crippen LogP) is 4.04. The molecule has 1 aliphatic carbocycles. The molecule has 0 spiro atoms. The van der Waals surface area contributed by atoms with E-state index in [1.807, 2.05) is 0 Å². The van der Waals surface area contributed by atoms with Crippen LogP contribution in [0.5, 0.6) is 0 Å². The Bertz CT molecular complexity index is 389. The number of halogens is 3. The van der Waals surface area contributed by atoms with Crippen molar-refractivity contribution in [3.05, 3.63) is 34.3 Å². The molecule has 1 aromatic rings. The van der Waals surface area contributed by atoms with Crippen LogP contribution in [0.2, 0.25) is 0 Å². The van der Waals surface area contributed by atoms with Gasteiger partial charge < -0.3 is 5.32 Å². The molecule has 1 saturated carbocycles. The van der Waals surface area contributed by atoms with E-state index in [1.54, 1.807) is 0 Å². The first-order chi connectivity index (χ1) is 8.84. The zero-order valence-electron chi connectivity index (χ0n) is 11.6. The van der Waals surface area contributed by atoms with Gasteiger partial charge in [0, 0.05) is 36.7 Å². The highest BCUT2D eigenvalue weighted by atomic mass is 79.9. The molecular formula is C15H23BrCl2N2. The molecule has 0 aromatic heterocycles. The molecule has 1 aliphatic heterocycles. The van der Waals surface area contributed by atoms with Gasteiger partial charge >= 0.3 is 0 Å². The summed E-state index contributed by atoms with van der Waals surface area (Å²) in [5.41, 5.74) is 1.50. The number of rotatable bonds is 3. The quantitative estimate of drug-likeness (QED) is 0.849. The molecule has 1 N–H and O–H groups in total. The van der Waals surface area contributed by atoms with Crippen molar-refractivity contribution in [3.63, 3.8) is 0 Å². The van der Waals surface area contributed by atoms with E-state index in [0.29, 0.717) is 6.04 Å². The summed E-state index contributed by atoms with van der Waals surface area (Å²) in [6, 6.07) is 9.62. The number of hydrogen-bond acceptors (Lipinski definition) is 2. The molecule has 114 valence electrons. The maximum atomic E-state index is 3.54. The van der Waals surface area contributed by atoms with Gasteiger partial charge in [-0.3, -0.25) is 4.90 Å². The molecule has 1 saturated heterocycles. The largest absolute Gasteiger partial charge is 0.314 e. The summed E-state index contributed by atoms with van der Waals surface area (Å²) in [4.78, 5) is 2.68. The van der Waals surface area contributed by atoms with Gasteiger partial charge in [-0.15, -0.1) is 24.8 Å². The van der Waals surface area contributed by atoms with Crippen LogP contribution in [0.4, 0.5) is 0 Å². The Morgan fingerprint density at radius 1 is 1.05 bits per heavy atom. The lowest BCUT2D eigenvalue weighted by atomic mass is 9.76. The van der Waals surface area contributed by atoms with Crippen molar-refractivity contribution in [1.82, 2.24) is 10.2 Å². The minimum Gasteiger partial charge on any atom is -0.314 e. The van der Waals surface area contributed by atoms with Gasteiger partial charge in [0.1, 0.15) is 0 Å². The Hall–Kier alpha value is 0.200. The molecule has 20 heavy (non-hydrogen) atoms. The van der Waals surface area contributed by atoms with E-state index in [-0.39, 0.29) is 24.8 Å². The molecule has 2 fully saturated rings. The number of benzene rings is 1. The first-order valence-corrected chi connectivity index (χ1v) is 7.84. The monoisotopic (exact) mass is 380 g/mol. The van der Waals surface area contributed by atoms with Gasteiger partial charge in [-0.1, -0.05) is 34.5 Å². The van der Waals surface area contributed by atoms with Crippen LogP contribution in [-0.4, -0.2) is 31.1 Å². The van der Waals surface area contributed by atoms with E-state index in [2.05, 4.69) is 50.4 Å². The molecular weight excluding hydrogens is 359 g/mol. The minimum absolute atomic E-state index is 0. The maximum absolute atomic E-state index is 3.54. The lowest BCUT2D eigenvalue weighted by Crippen LogP contribution is -2.47. The van der Waals surface area contributed by atoms with Gasteiger partial charge in [0.25, 0.3) is 0 Å². The summed E-state index contributed by atoms with van der Waals surface area (Å²) in [6.07, 6.45) is 4.24. The molecule has 5 heteroatoms. The maximum Gasteiger partial charge on any atom is 0.0377 e. The fourth-order valence-electron chi connectivity index (χ4n) is 3.16. The van der Waals surface area contributed by atoms with Crippen molar-refractivity contribution in [2.24, 2.45) is 5.92 Å². The van der Waals surface area contributed by atoms with E-state index < -0.39 is 0 Å². The molecule has 2 aliphatic rings. The topological polar surface area (TPSA) is 15.3 Å². The van der Waals surface area contributed by atoms with Crippen molar-refractivity contribution in [2.45, 2.75) is 25.3 Å². The third-order valence-electron chi connectivity index (χ3n) is 4.35. The van der Waals surface area contributed by atoms with Crippen LogP contribution >= 0.6 is 40.7 Å². The highest BCUT2D eigenvalue weighted by Crippen LogP contribution is 2.41. The predicted molar refractivity (Wildman–Crippen MR) is 93.2 cm³/mol. The Labute approximate surface area is 142 Å². The molecule has 0 unspecified atom stereocenters. The average Bonchev–Trinajstić information content (AvgIpc) is 2.36. The fraction of sp³-hybridized carbons (Fsp3) is 0.600. The van der Waals surface area contributed by atoms with Crippen molar-refractivity contribution in [3.8, 4) is 0 Å². The number of piperazine rings is 1. The second-order valence-corrected chi connectivity index (χ2v) is 6.39. The van der Waals surface area contributed by atoms with E-state index >= 15 is 0 Å². The molecule has 2 nitrogen and oxygen atoms in total. The summed E-state index contributed by atoms with van der Waals surface area (Å²) in [6.45, 7) is 4.66.